The maximum absolute atomic E-state index is 11.1. The monoisotopic (exact) mass is 252 g/mol. The van der Waals surface area contributed by atoms with Crippen LogP contribution in [-0.4, -0.2) is 21.9 Å². The van der Waals surface area contributed by atoms with Gasteiger partial charge < -0.3 is 10.2 Å². The van der Waals surface area contributed by atoms with Gasteiger partial charge in [0.15, 0.2) is 0 Å². The maximum atomic E-state index is 11.1. The second-order valence-corrected chi connectivity index (χ2v) is 8.45. The Hall–Kier alpha value is -0.0800. The van der Waals surface area contributed by atoms with Crippen LogP contribution < -0.4 is 0 Å². The lowest BCUT2D eigenvalue weighted by molar-refractivity contribution is -0.234. The lowest BCUT2D eigenvalue weighted by Gasteiger charge is -2.62. The number of hydrogen-bond acceptors (Lipinski definition) is 2. The molecule has 0 heterocycles. The van der Waals surface area contributed by atoms with E-state index in [1.807, 2.05) is 6.92 Å². The summed E-state index contributed by atoms with van der Waals surface area (Å²) in [7, 11) is 0. The molecular weight excluding hydrogens is 224 g/mol. The molecule has 0 amide bonds. The van der Waals surface area contributed by atoms with Crippen LogP contribution in [0.15, 0.2) is 0 Å². The molecule has 0 unspecified atom stereocenters. The molecule has 1 spiro atoms. The van der Waals surface area contributed by atoms with Gasteiger partial charge in [-0.05, 0) is 62.2 Å². The van der Waals surface area contributed by atoms with Gasteiger partial charge in [-0.1, -0.05) is 20.8 Å². The third-order valence-corrected chi connectivity index (χ3v) is 7.24. The zero-order valence-corrected chi connectivity index (χ0v) is 12.3. The van der Waals surface area contributed by atoms with Crippen molar-refractivity contribution in [1.82, 2.24) is 0 Å². The van der Waals surface area contributed by atoms with E-state index >= 15 is 0 Å². The third kappa shape index (κ3) is 1.27. The van der Waals surface area contributed by atoms with Crippen molar-refractivity contribution in [3.8, 4) is 0 Å². The maximum Gasteiger partial charge on any atom is 0.0938 e. The lowest BCUT2D eigenvalue weighted by Crippen LogP contribution is -2.64. The van der Waals surface area contributed by atoms with Gasteiger partial charge in [-0.3, -0.25) is 0 Å². The third-order valence-electron chi connectivity index (χ3n) is 7.24. The summed E-state index contributed by atoms with van der Waals surface area (Å²) in [5.74, 6) is 0.724. The molecule has 0 aliphatic heterocycles. The van der Waals surface area contributed by atoms with Crippen LogP contribution in [0.1, 0.15) is 66.2 Å². The molecule has 2 bridgehead atoms. The van der Waals surface area contributed by atoms with Crippen molar-refractivity contribution in [2.45, 2.75) is 77.9 Å². The summed E-state index contributed by atoms with van der Waals surface area (Å²) in [6.45, 7) is 8.98. The Morgan fingerprint density at radius 3 is 2.28 bits per heavy atom. The highest BCUT2D eigenvalue weighted by molar-refractivity contribution is 5.20. The number of hydrogen-bond donors (Lipinski definition) is 2. The van der Waals surface area contributed by atoms with E-state index in [4.69, 9.17) is 0 Å². The molecule has 0 aromatic carbocycles. The summed E-state index contributed by atoms with van der Waals surface area (Å²) in [6.07, 6.45) is 6.01. The second kappa shape index (κ2) is 3.32. The van der Waals surface area contributed by atoms with Crippen molar-refractivity contribution in [1.29, 1.82) is 0 Å². The first-order valence-corrected chi connectivity index (χ1v) is 7.55. The van der Waals surface area contributed by atoms with Gasteiger partial charge in [-0.15, -0.1) is 0 Å². The first-order valence-electron chi connectivity index (χ1n) is 7.55. The minimum absolute atomic E-state index is 0.0654. The summed E-state index contributed by atoms with van der Waals surface area (Å²) in [5.41, 5.74) is -0.435. The van der Waals surface area contributed by atoms with Crippen LogP contribution in [0.25, 0.3) is 0 Å². The van der Waals surface area contributed by atoms with E-state index in [-0.39, 0.29) is 10.8 Å². The van der Waals surface area contributed by atoms with Gasteiger partial charge in [0.05, 0.1) is 11.7 Å². The fourth-order valence-electron chi connectivity index (χ4n) is 5.79. The molecule has 2 nitrogen and oxygen atoms in total. The molecule has 3 fully saturated rings. The highest BCUT2D eigenvalue weighted by atomic mass is 16.3. The van der Waals surface area contributed by atoms with Crippen LogP contribution in [0, 0.1) is 22.2 Å². The summed E-state index contributed by atoms with van der Waals surface area (Å²) in [6, 6.07) is 0. The van der Waals surface area contributed by atoms with E-state index in [9.17, 15) is 10.2 Å². The predicted octanol–water partition coefficient (Wildman–Crippen LogP) is 3.11. The molecule has 2 heteroatoms. The summed E-state index contributed by atoms with van der Waals surface area (Å²) >= 11 is 0. The van der Waals surface area contributed by atoms with E-state index in [0.29, 0.717) is 5.41 Å². The molecule has 2 N–H and O–H groups in total. The molecule has 0 radical (unpaired) electrons. The Bertz CT molecular complexity index is 367. The van der Waals surface area contributed by atoms with Crippen molar-refractivity contribution in [3.05, 3.63) is 0 Å². The van der Waals surface area contributed by atoms with Gasteiger partial charge in [0.1, 0.15) is 0 Å². The van der Waals surface area contributed by atoms with Gasteiger partial charge >= 0.3 is 0 Å². The smallest absolute Gasteiger partial charge is 0.0938 e. The normalized spacial score (nSPS) is 58.3. The standard InChI is InChI=1S/C16H28O2/c1-13(2)10-16-9-11(13)5-7-14(16,3)8-6-12(17)15(16,4)18/h11-12,17-18H,5-10H2,1-4H3/t11-,12-,14+,15+,16-/m0/s1. The van der Waals surface area contributed by atoms with Crippen molar-refractivity contribution < 1.29 is 10.2 Å². The van der Waals surface area contributed by atoms with Gasteiger partial charge in [0.25, 0.3) is 0 Å². The molecule has 0 saturated heterocycles. The SMILES string of the molecule is CC1(C)C[C@@]23C[C@@H]1CC[C@]2(C)CC[C@H](O)[C@@]3(C)O. The first-order chi connectivity index (χ1) is 8.15. The van der Waals surface area contributed by atoms with Crippen LogP contribution in [0.4, 0.5) is 0 Å². The Morgan fingerprint density at radius 2 is 1.61 bits per heavy atom. The molecular formula is C16H28O2. The van der Waals surface area contributed by atoms with E-state index < -0.39 is 11.7 Å². The molecule has 0 aromatic rings. The first kappa shape index (κ1) is 12.9. The topological polar surface area (TPSA) is 40.5 Å². The van der Waals surface area contributed by atoms with Crippen molar-refractivity contribution in [3.63, 3.8) is 0 Å². The van der Waals surface area contributed by atoms with Crippen molar-refractivity contribution in [2.24, 2.45) is 22.2 Å². The van der Waals surface area contributed by atoms with Crippen LogP contribution in [0.3, 0.4) is 0 Å². The van der Waals surface area contributed by atoms with Gasteiger partial charge in [-0.25, -0.2) is 0 Å². The molecule has 3 rings (SSSR count). The minimum Gasteiger partial charge on any atom is -0.390 e. The molecule has 0 aromatic heterocycles. The molecule has 104 valence electrons. The molecule has 3 aliphatic carbocycles. The fourth-order valence-corrected chi connectivity index (χ4v) is 5.79. The molecule has 5 atom stereocenters. The summed E-state index contributed by atoms with van der Waals surface area (Å²) < 4.78 is 0. The number of fused-ring (bicyclic) bond motifs is 1. The van der Waals surface area contributed by atoms with Gasteiger partial charge in [0.2, 0.25) is 0 Å². The minimum atomic E-state index is -0.910. The fraction of sp³-hybridized carbons (Fsp3) is 1.00. The predicted molar refractivity (Wildman–Crippen MR) is 72.1 cm³/mol. The second-order valence-electron chi connectivity index (χ2n) is 8.45. The molecule has 3 saturated carbocycles. The van der Waals surface area contributed by atoms with Crippen molar-refractivity contribution >= 4 is 0 Å². The van der Waals surface area contributed by atoms with Crippen LogP contribution >= 0.6 is 0 Å². The zero-order chi connectivity index (χ0) is 13.4. The van der Waals surface area contributed by atoms with E-state index in [1.165, 1.54) is 12.8 Å². The Kier molecular flexibility index (Phi) is 2.39. The largest absolute Gasteiger partial charge is 0.390 e. The Labute approximate surface area is 111 Å². The lowest BCUT2D eigenvalue weighted by atomic mass is 9.46. The van der Waals surface area contributed by atoms with Crippen LogP contribution in [-0.2, 0) is 0 Å². The highest BCUT2D eigenvalue weighted by Gasteiger charge is 2.70. The summed E-state index contributed by atoms with van der Waals surface area (Å²) in [5, 5.41) is 21.4. The average Bonchev–Trinajstić information content (AvgIpc) is 2.50. The van der Waals surface area contributed by atoms with Crippen LogP contribution in [0.5, 0.6) is 0 Å². The number of aliphatic hydroxyl groups excluding tert-OH is 1. The number of rotatable bonds is 0. The number of aliphatic hydroxyl groups is 2. The summed E-state index contributed by atoms with van der Waals surface area (Å²) in [4.78, 5) is 0. The zero-order valence-electron chi connectivity index (χ0n) is 12.3. The molecule has 3 aliphatic rings. The highest BCUT2D eigenvalue weighted by Crippen LogP contribution is 2.73. The van der Waals surface area contributed by atoms with Gasteiger partial charge in [0, 0.05) is 5.41 Å². The van der Waals surface area contributed by atoms with E-state index in [0.717, 1.165) is 31.6 Å². The average molecular weight is 252 g/mol. The van der Waals surface area contributed by atoms with Crippen molar-refractivity contribution in [2.75, 3.05) is 0 Å². The van der Waals surface area contributed by atoms with E-state index in [2.05, 4.69) is 20.8 Å². The Balaban J connectivity index is 2.12. The Morgan fingerprint density at radius 1 is 1.00 bits per heavy atom. The quantitative estimate of drug-likeness (QED) is 0.695. The van der Waals surface area contributed by atoms with Crippen LogP contribution in [0.2, 0.25) is 0 Å². The van der Waals surface area contributed by atoms with E-state index in [1.54, 1.807) is 0 Å². The van der Waals surface area contributed by atoms with Gasteiger partial charge in [-0.2, -0.15) is 0 Å². The molecule has 18 heavy (non-hydrogen) atoms.